The standard InChI is InChI=1S/C21H24FN5O.HI/c1-23-21(25-15-20(28)26-18-8-4-7-17(22)14-18)24-11-5-12-27-13-10-16-6-2-3-9-19(16)27;/h2-4,6-10,13-14H,5,11-12,15H2,1H3,(H,26,28)(H2,23,24,25);1H. The molecule has 3 N–H and O–H groups in total. The highest BCUT2D eigenvalue weighted by Gasteiger charge is 2.05. The van der Waals surface area contributed by atoms with Gasteiger partial charge in [-0.1, -0.05) is 24.3 Å². The number of fused-ring (bicyclic) bond motifs is 1. The van der Waals surface area contributed by atoms with Crippen molar-refractivity contribution in [1.29, 1.82) is 0 Å². The summed E-state index contributed by atoms with van der Waals surface area (Å²) in [5.74, 6) is -0.113. The molecular weight excluding hydrogens is 484 g/mol. The third-order valence-corrected chi connectivity index (χ3v) is 4.30. The molecule has 0 radical (unpaired) electrons. The molecule has 2 aromatic carbocycles. The zero-order chi connectivity index (χ0) is 19.8. The minimum Gasteiger partial charge on any atom is -0.356 e. The maximum Gasteiger partial charge on any atom is 0.243 e. The van der Waals surface area contributed by atoms with E-state index in [0.717, 1.165) is 19.5 Å². The molecule has 1 heterocycles. The number of aryl methyl sites for hydroxylation is 1. The second-order valence-corrected chi connectivity index (χ2v) is 6.33. The van der Waals surface area contributed by atoms with Crippen molar-refractivity contribution in [3.63, 3.8) is 0 Å². The number of aromatic nitrogens is 1. The highest BCUT2D eigenvalue weighted by Crippen LogP contribution is 2.15. The van der Waals surface area contributed by atoms with Crippen molar-refractivity contribution < 1.29 is 9.18 Å². The van der Waals surface area contributed by atoms with Gasteiger partial charge in [0.1, 0.15) is 5.82 Å². The maximum absolute atomic E-state index is 13.1. The summed E-state index contributed by atoms with van der Waals surface area (Å²) in [6, 6.07) is 16.2. The number of carbonyl (C=O) groups is 1. The van der Waals surface area contributed by atoms with Crippen molar-refractivity contribution in [3.8, 4) is 0 Å². The quantitative estimate of drug-likeness (QED) is 0.197. The van der Waals surface area contributed by atoms with Crippen LogP contribution >= 0.6 is 24.0 Å². The molecule has 0 saturated heterocycles. The van der Waals surface area contributed by atoms with Crippen molar-refractivity contribution in [2.24, 2.45) is 4.99 Å². The van der Waals surface area contributed by atoms with E-state index in [4.69, 9.17) is 0 Å². The Morgan fingerprint density at radius 3 is 2.72 bits per heavy atom. The first-order chi connectivity index (χ1) is 13.7. The topological polar surface area (TPSA) is 70.5 Å². The van der Waals surface area contributed by atoms with Gasteiger partial charge >= 0.3 is 0 Å². The number of carbonyl (C=O) groups excluding carboxylic acids is 1. The third kappa shape index (κ3) is 6.74. The number of amides is 1. The number of aliphatic imine (C=N–C) groups is 1. The van der Waals surface area contributed by atoms with Crippen molar-refractivity contribution in [2.75, 3.05) is 25.5 Å². The van der Waals surface area contributed by atoms with E-state index in [0.29, 0.717) is 11.6 Å². The zero-order valence-electron chi connectivity index (χ0n) is 16.2. The number of hydrogen-bond donors (Lipinski definition) is 3. The Kier molecular flexibility index (Phi) is 8.91. The Bertz CT molecular complexity index is 972. The molecule has 0 aliphatic heterocycles. The zero-order valence-corrected chi connectivity index (χ0v) is 18.5. The van der Waals surface area contributed by atoms with Crippen LogP contribution in [-0.2, 0) is 11.3 Å². The number of rotatable bonds is 7. The molecule has 0 spiro atoms. The van der Waals surface area contributed by atoms with Crippen molar-refractivity contribution in [2.45, 2.75) is 13.0 Å². The number of hydrogen-bond acceptors (Lipinski definition) is 2. The Hall–Kier alpha value is -2.62. The molecule has 0 bridgehead atoms. The largest absolute Gasteiger partial charge is 0.356 e. The fraction of sp³-hybridized carbons (Fsp3) is 0.238. The number of guanidine groups is 1. The molecule has 1 amide bonds. The van der Waals surface area contributed by atoms with Crippen molar-refractivity contribution >= 4 is 52.4 Å². The lowest BCUT2D eigenvalue weighted by Gasteiger charge is -2.12. The predicted molar refractivity (Wildman–Crippen MR) is 126 cm³/mol. The third-order valence-electron chi connectivity index (χ3n) is 4.30. The number of benzene rings is 2. The van der Waals surface area contributed by atoms with Gasteiger partial charge in [0.2, 0.25) is 5.91 Å². The average molecular weight is 509 g/mol. The van der Waals surface area contributed by atoms with Crippen LogP contribution in [-0.4, -0.2) is 36.6 Å². The first-order valence-electron chi connectivity index (χ1n) is 9.19. The van der Waals surface area contributed by atoms with Crippen LogP contribution in [0.2, 0.25) is 0 Å². The van der Waals surface area contributed by atoms with Gasteiger partial charge in [0.25, 0.3) is 0 Å². The minimum atomic E-state index is -0.390. The van der Waals surface area contributed by atoms with Gasteiger partial charge in [-0.2, -0.15) is 0 Å². The van der Waals surface area contributed by atoms with Gasteiger partial charge in [-0.15, -0.1) is 24.0 Å². The van der Waals surface area contributed by atoms with Crippen LogP contribution in [0.5, 0.6) is 0 Å². The van der Waals surface area contributed by atoms with Crippen LogP contribution in [0.1, 0.15) is 6.42 Å². The second-order valence-electron chi connectivity index (χ2n) is 6.33. The van der Waals surface area contributed by atoms with Gasteiger partial charge in [-0.05, 0) is 42.1 Å². The lowest BCUT2D eigenvalue weighted by atomic mass is 10.2. The molecule has 3 aromatic rings. The Labute approximate surface area is 186 Å². The Balaban J connectivity index is 0.00000300. The molecule has 0 aliphatic rings. The lowest BCUT2D eigenvalue weighted by Crippen LogP contribution is -2.41. The van der Waals surface area contributed by atoms with E-state index in [2.05, 4.69) is 49.9 Å². The van der Waals surface area contributed by atoms with E-state index in [1.807, 2.05) is 12.1 Å². The Morgan fingerprint density at radius 2 is 1.93 bits per heavy atom. The number of para-hydroxylation sites is 1. The summed E-state index contributed by atoms with van der Waals surface area (Å²) in [4.78, 5) is 16.1. The van der Waals surface area contributed by atoms with E-state index in [1.165, 1.54) is 23.0 Å². The monoisotopic (exact) mass is 509 g/mol. The summed E-state index contributed by atoms with van der Waals surface area (Å²) in [5.41, 5.74) is 1.65. The van der Waals surface area contributed by atoms with Crippen LogP contribution in [0.4, 0.5) is 10.1 Å². The SMILES string of the molecule is CN=C(NCCCn1ccc2ccccc21)NCC(=O)Nc1cccc(F)c1.I. The summed E-state index contributed by atoms with van der Waals surface area (Å²) in [7, 11) is 1.65. The van der Waals surface area contributed by atoms with Crippen molar-refractivity contribution in [3.05, 3.63) is 66.6 Å². The average Bonchev–Trinajstić information content (AvgIpc) is 3.10. The lowest BCUT2D eigenvalue weighted by molar-refractivity contribution is -0.115. The van der Waals surface area contributed by atoms with Gasteiger partial charge in [0, 0.05) is 37.5 Å². The molecule has 6 nitrogen and oxygen atoms in total. The molecule has 0 unspecified atom stereocenters. The molecule has 0 saturated carbocycles. The first-order valence-corrected chi connectivity index (χ1v) is 9.19. The maximum atomic E-state index is 13.1. The van der Waals surface area contributed by atoms with E-state index in [-0.39, 0.29) is 36.4 Å². The van der Waals surface area contributed by atoms with Gasteiger partial charge in [0.05, 0.1) is 6.54 Å². The van der Waals surface area contributed by atoms with Crippen LogP contribution in [0.15, 0.2) is 65.8 Å². The van der Waals surface area contributed by atoms with Gasteiger partial charge < -0.3 is 20.5 Å². The molecule has 1 aromatic heterocycles. The smallest absolute Gasteiger partial charge is 0.243 e. The van der Waals surface area contributed by atoms with Gasteiger partial charge in [0.15, 0.2) is 5.96 Å². The summed E-state index contributed by atoms with van der Waals surface area (Å²) in [5, 5.41) is 10.0. The van der Waals surface area contributed by atoms with Crippen LogP contribution in [0.3, 0.4) is 0 Å². The van der Waals surface area contributed by atoms with Crippen LogP contribution in [0, 0.1) is 5.82 Å². The normalized spacial score (nSPS) is 11.0. The predicted octanol–water partition coefficient (Wildman–Crippen LogP) is 3.59. The van der Waals surface area contributed by atoms with Crippen LogP contribution in [0.25, 0.3) is 10.9 Å². The summed E-state index contributed by atoms with van der Waals surface area (Å²) in [6.45, 7) is 1.65. The van der Waals surface area contributed by atoms with Crippen molar-refractivity contribution in [1.82, 2.24) is 15.2 Å². The summed E-state index contributed by atoms with van der Waals surface area (Å²) < 4.78 is 15.4. The van der Waals surface area contributed by atoms with E-state index >= 15 is 0 Å². The number of nitrogens with zero attached hydrogens (tertiary/aromatic N) is 2. The van der Waals surface area contributed by atoms with Gasteiger partial charge in [-0.3, -0.25) is 9.79 Å². The van der Waals surface area contributed by atoms with Crippen LogP contribution < -0.4 is 16.0 Å². The fourth-order valence-corrected chi connectivity index (χ4v) is 2.95. The molecule has 3 rings (SSSR count). The summed E-state index contributed by atoms with van der Waals surface area (Å²) in [6.07, 6.45) is 3.00. The number of anilines is 1. The molecule has 8 heteroatoms. The molecular formula is C21H25FIN5O. The van der Waals surface area contributed by atoms with E-state index in [1.54, 1.807) is 19.2 Å². The molecule has 0 fully saturated rings. The van der Waals surface area contributed by atoms with Gasteiger partial charge in [-0.25, -0.2) is 4.39 Å². The molecule has 0 aliphatic carbocycles. The molecule has 154 valence electrons. The van der Waals surface area contributed by atoms with E-state index < -0.39 is 5.82 Å². The van der Waals surface area contributed by atoms with E-state index in [9.17, 15) is 9.18 Å². The Morgan fingerprint density at radius 1 is 1.10 bits per heavy atom. The summed E-state index contributed by atoms with van der Waals surface area (Å²) >= 11 is 0. The molecule has 29 heavy (non-hydrogen) atoms. The fourth-order valence-electron chi connectivity index (χ4n) is 2.95. The highest BCUT2D eigenvalue weighted by molar-refractivity contribution is 14.0. The first kappa shape index (κ1) is 22.7. The second kappa shape index (κ2) is 11.4. The number of nitrogens with one attached hydrogen (secondary N) is 3. The number of halogens is 2. The molecule has 0 atom stereocenters. The highest BCUT2D eigenvalue weighted by atomic mass is 127. The minimum absolute atomic E-state index is 0.